The fraction of sp³-hybridized carbons (Fsp3) is 0.167. The lowest BCUT2D eigenvalue weighted by Gasteiger charge is -2.11. The monoisotopic (exact) mass is 312 g/mol. The van der Waals surface area contributed by atoms with E-state index in [1.165, 1.54) is 11.3 Å². The summed E-state index contributed by atoms with van der Waals surface area (Å²) in [4.78, 5) is 4.33. The Morgan fingerprint density at radius 3 is 2.68 bits per heavy atom. The van der Waals surface area contributed by atoms with Crippen molar-refractivity contribution in [3.8, 4) is 0 Å². The highest BCUT2D eigenvalue weighted by Gasteiger charge is 2.17. The smallest absolute Gasteiger partial charge is 0.180 e. The van der Waals surface area contributed by atoms with Crippen molar-refractivity contribution in [1.29, 1.82) is 0 Å². The Bertz CT molecular complexity index is 756. The zero-order valence-corrected chi connectivity index (χ0v) is 13.1. The molecule has 2 N–H and O–H groups in total. The van der Waals surface area contributed by atoms with Crippen LogP contribution in [0, 0.1) is 0 Å². The molecule has 0 aliphatic heterocycles. The average molecular weight is 312 g/mol. The lowest BCUT2D eigenvalue weighted by Crippen LogP contribution is -1.98. The van der Waals surface area contributed by atoms with Gasteiger partial charge in [-0.3, -0.25) is 0 Å². The van der Waals surface area contributed by atoms with Gasteiger partial charge in [0.05, 0.1) is 5.69 Å². The Morgan fingerprint density at radius 1 is 1.23 bits per heavy atom. The van der Waals surface area contributed by atoms with E-state index in [2.05, 4.69) is 11.9 Å². The van der Waals surface area contributed by atoms with Gasteiger partial charge in [-0.25, -0.2) is 9.37 Å². The van der Waals surface area contributed by atoms with Gasteiger partial charge in [-0.1, -0.05) is 55.0 Å². The van der Waals surface area contributed by atoms with Crippen molar-refractivity contribution in [2.75, 3.05) is 5.73 Å². The van der Waals surface area contributed by atoms with Crippen molar-refractivity contribution >= 4 is 22.0 Å². The van der Waals surface area contributed by atoms with Crippen molar-refractivity contribution in [2.45, 2.75) is 19.3 Å². The molecule has 1 aliphatic rings. The van der Waals surface area contributed by atoms with Crippen LogP contribution < -0.4 is 5.73 Å². The minimum atomic E-state index is -0.178. The predicted octanol–water partition coefficient (Wildman–Crippen LogP) is 5.10. The Balaban J connectivity index is 1.93. The van der Waals surface area contributed by atoms with Crippen LogP contribution >= 0.6 is 11.3 Å². The van der Waals surface area contributed by atoms with Gasteiger partial charge in [0.25, 0.3) is 0 Å². The zero-order chi connectivity index (χ0) is 15.5. The van der Waals surface area contributed by atoms with Crippen LogP contribution in [-0.2, 0) is 0 Å². The molecular formula is C18H17FN2S. The Labute approximate surface area is 133 Å². The van der Waals surface area contributed by atoms with Gasteiger partial charge in [0, 0.05) is 16.9 Å². The Kier molecular flexibility index (Phi) is 4.20. The van der Waals surface area contributed by atoms with E-state index in [0.29, 0.717) is 17.1 Å². The molecule has 112 valence electrons. The average Bonchev–Trinajstić information content (AvgIpc) is 2.87. The van der Waals surface area contributed by atoms with E-state index in [4.69, 9.17) is 5.73 Å². The fourth-order valence-corrected chi connectivity index (χ4v) is 3.17. The van der Waals surface area contributed by atoms with E-state index in [9.17, 15) is 4.39 Å². The lowest BCUT2D eigenvalue weighted by molar-refractivity contribution is 0.668. The number of halogens is 1. The van der Waals surface area contributed by atoms with Crippen LogP contribution in [0.5, 0.6) is 0 Å². The number of aromatic nitrogens is 1. The van der Waals surface area contributed by atoms with Gasteiger partial charge in [-0.15, -0.1) is 11.3 Å². The maximum Gasteiger partial charge on any atom is 0.180 e. The predicted molar refractivity (Wildman–Crippen MR) is 91.3 cm³/mol. The summed E-state index contributed by atoms with van der Waals surface area (Å²) in [5, 5.41) is 2.53. The molecule has 3 rings (SSSR count). The van der Waals surface area contributed by atoms with Crippen molar-refractivity contribution < 1.29 is 4.39 Å². The van der Waals surface area contributed by atoms with Crippen molar-refractivity contribution in [2.24, 2.45) is 0 Å². The molecule has 1 aromatic carbocycles. The molecule has 1 heterocycles. The maximum absolute atomic E-state index is 14.4. The zero-order valence-electron chi connectivity index (χ0n) is 12.3. The third-order valence-electron chi connectivity index (χ3n) is 3.86. The summed E-state index contributed by atoms with van der Waals surface area (Å²) in [6, 6.07) is 9.60. The normalized spacial score (nSPS) is 16.4. The first kappa shape index (κ1) is 14.7. The number of nitrogen functional groups attached to an aromatic ring is 1. The van der Waals surface area contributed by atoms with Gasteiger partial charge in [0.15, 0.2) is 5.13 Å². The van der Waals surface area contributed by atoms with E-state index in [1.54, 1.807) is 6.08 Å². The van der Waals surface area contributed by atoms with Gasteiger partial charge in [0.1, 0.15) is 5.83 Å². The summed E-state index contributed by atoms with van der Waals surface area (Å²) in [7, 11) is 0. The van der Waals surface area contributed by atoms with E-state index in [0.717, 1.165) is 16.8 Å². The standard InChI is InChI=1S/C18H17FN2S/c1-12(17-11-22-18(20)21-17)13-7-9-15(16(19)10-8-13)14-5-3-2-4-6-14/h2-7,9-12H,8H2,1H3,(H2,20,21). The van der Waals surface area contributed by atoms with E-state index < -0.39 is 0 Å². The number of rotatable bonds is 3. The number of nitrogens with two attached hydrogens (primary N) is 1. The van der Waals surface area contributed by atoms with Crippen LogP contribution in [0.15, 0.2) is 65.3 Å². The number of thiazole rings is 1. The largest absolute Gasteiger partial charge is 0.375 e. The molecule has 0 saturated heterocycles. The van der Waals surface area contributed by atoms with E-state index in [-0.39, 0.29) is 11.7 Å². The fourth-order valence-electron chi connectivity index (χ4n) is 2.52. The topological polar surface area (TPSA) is 38.9 Å². The van der Waals surface area contributed by atoms with Crippen LogP contribution in [-0.4, -0.2) is 4.98 Å². The molecule has 2 aromatic rings. The van der Waals surface area contributed by atoms with Crippen molar-refractivity contribution in [3.05, 3.63) is 76.6 Å². The summed E-state index contributed by atoms with van der Waals surface area (Å²) >= 11 is 1.43. The Morgan fingerprint density at radius 2 is 2.00 bits per heavy atom. The molecule has 0 fully saturated rings. The van der Waals surface area contributed by atoms with E-state index >= 15 is 0 Å². The summed E-state index contributed by atoms with van der Waals surface area (Å²) in [6.45, 7) is 2.08. The minimum Gasteiger partial charge on any atom is -0.375 e. The van der Waals surface area contributed by atoms with Gasteiger partial charge in [0.2, 0.25) is 0 Å². The summed E-state index contributed by atoms with van der Waals surface area (Å²) in [5.74, 6) is -0.0496. The number of nitrogens with zero attached hydrogens (tertiary/aromatic N) is 1. The molecule has 1 atom stereocenters. The molecule has 0 spiro atoms. The SMILES string of the molecule is CC(C1=CC=C(c2ccccc2)C(F)=CC1)c1csc(N)n1. The molecular weight excluding hydrogens is 295 g/mol. The second-order valence-electron chi connectivity index (χ2n) is 5.28. The van der Waals surface area contributed by atoms with Crippen LogP contribution in [0.25, 0.3) is 5.57 Å². The lowest BCUT2D eigenvalue weighted by atomic mass is 9.95. The molecule has 0 radical (unpaired) electrons. The molecule has 4 heteroatoms. The highest BCUT2D eigenvalue weighted by molar-refractivity contribution is 7.13. The Hall–Kier alpha value is -2.20. The highest BCUT2D eigenvalue weighted by Crippen LogP contribution is 2.33. The minimum absolute atomic E-state index is 0.129. The number of anilines is 1. The van der Waals surface area contributed by atoms with Gasteiger partial charge in [-0.2, -0.15) is 0 Å². The molecule has 0 amide bonds. The molecule has 22 heavy (non-hydrogen) atoms. The molecule has 1 aliphatic carbocycles. The summed E-state index contributed by atoms with van der Waals surface area (Å²) < 4.78 is 14.4. The van der Waals surface area contributed by atoms with Gasteiger partial charge in [-0.05, 0) is 18.1 Å². The first-order valence-electron chi connectivity index (χ1n) is 7.18. The van der Waals surface area contributed by atoms with Crippen molar-refractivity contribution in [1.82, 2.24) is 4.98 Å². The van der Waals surface area contributed by atoms with Gasteiger partial charge >= 0.3 is 0 Å². The highest BCUT2D eigenvalue weighted by atomic mass is 32.1. The van der Waals surface area contributed by atoms with Crippen LogP contribution in [0.2, 0.25) is 0 Å². The van der Waals surface area contributed by atoms with Crippen LogP contribution in [0.1, 0.15) is 30.5 Å². The third-order valence-corrected chi connectivity index (χ3v) is 4.55. The molecule has 0 saturated carbocycles. The summed E-state index contributed by atoms with van der Waals surface area (Å²) in [6.07, 6.45) is 6.09. The first-order valence-corrected chi connectivity index (χ1v) is 8.06. The van der Waals surface area contributed by atoms with Crippen molar-refractivity contribution in [3.63, 3.8) is 0 Å². The first-order chi connectivity index (χ1) is 10.6. The number of benzene rings is 1. The molecule has 1 aromatic heterocycles. The number of allylic oxidation sites excluding steroid dienone is 6. The van der Waals surface area contributed by atoms with Crippen LogP contribution in [0.4, 0.5) is 9.52 Å². The third kappa shape index (κ3) is 3.02. The number of hydrogen-bond donors (Lipinski definition) is 1. The molecule has 1 unspecified atom stereocenters. The summed E-state index contributed by atoms with van der Waals surface area (Å²) in [5.41, 5.74) is 9.29. The second-order valence-corrected chi connectivity index (χ2v) is 6.17. The number of hydrogen-bond acceptors (Lipinski definition) is 3. The van der Waals surface area contributed by atoms with E-state index in [1.807, 2.05) is 47.9 Å². The van der Waals surface area contributed by atoms with Crippen LogP contribution in [0.3, 0.4) is 0 Å². The molecule has 2 nitrogen and oxygen atoms in total. The molecule has 0 bridgehead atoms. The maximum atomic E-state index is 14.4. The second kappa shape index (κ2) is 6.28. The quantitative estimate of drug-likeness (QED) is 0.856. The van der Waals surface area contributed by atoms with Gasteiger partial charge < -0.3 is 5.73 Å².